The van der Waals surface area contributed by atoms with Crippen molar-refractivity contribution in [2.24, 2.45) is 5.92 Å². The quantitative estimate of drug-likeness (QED) is 0.826. The van der Waals surface area contributed by atoms with E-state index in [4.69, 9.17) is 0 Å². The van der Waals surface area contributed by atoms with Gasteiger partial charge in [0.15, 0.2) is 4.34 Å². The van der Waals surface area contributed by atoms with E-state index in [9.17, 15) is 0 Å². The van der Waals surface area contributed by atoms with Gasteiger partial charge in [-0.2, -0.15) is 0 Å². The molecule has 1 N–H and O–H groups in total. The van der Waals surface area contributed by atoms with Crippen molar-refractivity contribution in [3.63, 3.8) is 0 Å². The summed E-state index contributed by atoms with van der Waals surface area (Å²) in [4.78, 5) is 0. The molecule has 0 spiro atoms. The Hall–Kier alpha value is -1.07. The minimum Gasteiger partial charge on any atom is -0.330 e. The Morgan fingerprint density at radius 3 is 2.78 bits per heavy atom. The van der Waals surface area contributed by atoms with E-state index in [0.29, 0.717) is 5.92 Å². The maximum Gasteiger partial charge on any atom is 0.210 e. The number of thioether (sulfide) groups is 1. The van der Waals surface area contributed by atoms with Gasteiger partial charge >= 0.3 is 0 Å². The average Bonchev–Trinajstić information content (AvgIpc) is 2.77. The molecule has 0 saturated carbocycles. The molecule has 0 atom stereocenters. The van der Waals surface area contributed by atoms with Gasteiger partial charge in [-0.3, -0.25) is 0 Å². The molecule has 2 aromatic rings. The fourth-order valence-corrected chi connectivity index (χ4v) is 3.13. The van der Waals surface area contributed by atoms with Crippen molar-refractivity contribution in [1.82, 2.24) is 10.2 Å². The summed E-state index contributed by atoms with van der Waals surface area (Å²) in [5.74, 6) is 1.76. The van der Waals surface area contributed by atoms with Gasteiger partial charge in [0, 0.05) is 11.4 Å². The van der Waals surface area contributed by atoms with Gasteiger partial charge in [0.2, 0.25) is 5.13 Å². The van der Waals surface area contributed by atoms with Gasteiger partial charge in [-0.25, -0.2) is 0 Å². The normalized spacial score (nSPS) is 10.9. The zero-order chi connectivity index (χ0) is 13.0. The maximum absolute atomic E-state index is 4.18. The van der Waals surface area contributed by atoms with E-state index in [0.717, 1.165) is 20.9 Å². The van der Waals surface area contributed by atoms with E-state index in [1.165, 1.54) is 5.56 Å². The van der Waals surface area contributed by atoms with E-state index < -0.39 is 0 Å². The molecule has 5 heteroatoms. The van der Waals surface area contributed by atoms with Crippen LogP contribution in [0.1, 0.15) is 19.4 Å². The van der Waals surface area contributed by atoms with Crippen LogP contribution >= 0.6 is 23.1 Å². The van der Waals surface area contributed by atoms with Gasteiger partial charge in [0.05, 0.1) is 0 Å². The van der Waals surface area contributed by atoms with Crippen LogP contribution in [0.15, 0.2) is 28.6 Å². The molecule has 18 heavy (non-hydrogen) atoms. The molecule has 0 amide bonds. The first-order chi connectivity index (χ1) is 8.65. The molecule has 0 radical (unpaired) electrons. The summed E-state index contributed by atoms with van der Waals surface area (Å²) in [6.07, 6.45) is 0. The second-order valence-corrected chi connectivity index (χ2v) is 6.76. The third-order valence-electron chi connectivity index (χ3n) is 2.33. The summed E-state index contributed by atoms with van der Waals surface area (Å²) in [6, 6.07) is 8.19. The zero-order valence-electron chi connectivity index (χ0n) is 10.8. The highest BCUT2D eigenvalue weighted by atomic mass is 32.2. The van der Waals surface area contributed by atoms with Crippen LogP contribution in [0.5, 0.6) is 0 Å². The minimum atomic E-state index is 0.673. The molecule has 0 fully saturated rings. The van der Waals surface area contributed by atoms with Crippen molar-refractivity contribution < 1.29 is 0 Å². The number of benzene rings is 1. The largest absolute Gasteiger partial charge is 0.330 e. The predicted molar refractivity (Wildman–Crippen MR) is 79.9 cm³/mol. The third-order valence-corrected chi connectivity index (χ3v) is 4.73. The van der Waals surface area contributed by atoms with Crippen molar-refractivity contribution in [2.75, 3.05) is 11.1 Å². The summed E-state index contributed by atoms with van der Waals surface area (Å²) in [5, 5.41) is 12.5. The van der Waals surface area contributed by atoms with Crippen LogP contribution in [0.4, 0.5) is 10.8 Å². The minimum absolute atomic E-state index is 0.673. The molecule has 0 saturated heterocycles. The Morgan fingerprint density at radius 1 is 1.28 bits per heavy atom. The highest BCUT2D eigenvalue weighted by Gasteiger charge is 2.06. The van der Waals surface area contributed by atoms with E-state index >= 15 is 0 Å². The first kappa shape index (κ1) is 13.4. The van der Waals surface area contributed by atoms with E-state index in [1.54, 1.807) is 23.1 Å². The molecule has 1 aromatic heterocycles. The summed E-state index contributed by atoms with van der Waals surface area (Å²) in [6.45, 7) is 6.50. The molecule has 0 aliphatic carbocycles. The van der Waals surface area contributed by atoms with Crippen molar-refractivity contribution in [3.05, 3.63) is 29.8 Å². The van der Waals surface area contributed by atoms with Gasteiger partial charge in [0.25, 0.3) is 0 Å². The SMILES string of the molecule is Cc1ccccc1Nc1nnc(SCC(C)C)s1. The molecular formula is C13H17N3S2. The molecule has 1 heterocycles. The highest BCUT2D eigenvalue weighted by Crippen LogP contribution is 2.29. The molecule has 0 aliphatic rings. The molecule has 1 aromatic carbocycles. The Morgan fingerprint density at radius 2 is 2.06 bits per heavy atom. The van der Waals surface area contributed by atoms with Gasteiger partial charge in [0.1, 0.15) is 0 Å². The number of hydrogen-bond acceptors (Lipinski definition) is 5. The molecule has 0 aliphatic heterocycles. The van der Waals surface area contributed by atoms with Crippen LogP contribution in [0.2, 0.25) is 0 Å². The number of rotatable bonds is 5. The standard InChI is InChI=1S/C13H17N3S2/c1-9(2)8-17-13-16-15-12(18-13)14-11-7-5-4-6-10(11)3/h4-7,9H,8H2,1-3H3,(H,14,15). The molecule has 3 nitrogen and oxygen atoms in total. The van der Waals surface area contributed by atoms with Crippen LogP contribution < -0.4 is 5.32 Å². The lowest BCUT2D eigenvalue weighted by Gasteiger charge is -2.04. The van der Waals surface area contributed by atoms with Crippen molar-refractivity contribution >= 4 is 33.9 Å². The van der Waals surface area contributed by atoms with E-state index in [-0.39, 0.29) is 0 Å². The first-order valence-electron chi connectivity index (χ1n) is 5.94. The summed E-state index contributed by atoms with van der Waals surface area (Å²) in [7, 11) is 0. The lowest BCUT2D eigenvalue weighted by molar-refractivity contribution is 0.749. The second kappa shape index (κ2) is 6.20. The van der Waals surface area contributed by atoms with Gasteiger partial charge in [-0.15, -0.1) is 10.2 Å². The smallest absolute Gasteiger partial charge is 0.210 e. The topological polar surface area (TPSA) is 37.8 Å². The van der Waals surface area contributed by atoms with Crippen LogP contribution in [-0.4, -0.2) is 16.0 Å². The van der Waals surface area contributed by atoms with Gasteiger partial charge in [-0.1, -0.05) is 55.1 Å². The Balaban J connectivity index is 2.00. The van der Waals surface area contributed by atoms with Gasteiger partial charge in [-0.05, 0) is 24.5 Å². The number of para-hydroxylation sites is 1. The number of anilines is 2. The molecule has 0 unspecified atom stereocenters. The van der Waals surface area contributed by atoms with Crippen LogP contribution in [0.25, 0.3) is 0 Å². The number of nitrogens with one attached hydrogen (secondary N) is 1. The number of aromatic nitrogens is 2. The fourth-order valence-electron chi connectivity index (χ4n) is 1.38. The van der Waals surface area contributed by atoms with Crippen LogP contribution in [0, 0.1) is 12.8 Å². The fraction of sp³-hybridized carbons (Fsp3) is 0.385. The number of aryl methyl sites for hydroxylation is 1. The van der Waals surface area contributed by atoms with E-state index in [1.807, 2.05) is 12.1 Å². The van der Waals surface area contributed by atoms with Gasteiger partial charge < -0.3 is 5.32 Å². The number of nitrogens with zero attached hydrogens (tertiary/aromatic N) is 2. The molecular weight excluding hydrogens is 262 g/mol. The highest BCUT2D eigenvalue weighted by molar-refractivity contribution is 8.01. The lowest BCUT2D eigenvalue weighted by Crippen LogP contribution is -1.91. The number of hydrogen-bond donors (Lipinski definition) is 1. The molecule has 2 rings (SSSR count). The Kier molecular flexibility index (Phi) is 4.60. The monoisotopic (exact) mass is 279 g/mol. The van der Waals surface area contributed by atoms with Crippen molar-refractivity contribution in [1.29, 1.82) is 0 Å². The molecule has 0 bridgehead atoms. The van der Waals surface area contributed by atoms with Crippen molar-refractivity contribution in [2.45, 2.75) is 25.1 Å². The first-order valence-corrected chi connectivity index (χ1v) is 7.74. The Labute approximate surface area is 116 Å². The maximum atomic E-state index is 4.18. The summed E-state index contributed by atoms with van der Waals surface area (Å²) >= 11 is 3.38. The zero-order valence-corrected chi connectivity index (χ0v) is 12.4. The summed E-state index contributed by atoms with van der Waals surface area (Å²) < 4.78 is 1.03. The average molecular weight is 279 g/mol. The Bertz CT molecular complexity index is 508. The predicted octanol–water partition coefficient (Wildman–Crippen LogP) is 4.34. The van der Waals surface area contributed by atoms with Crippen LogP contribution in [-0.2, 0) is 0 Å². The van der Waals surface area contributed by atoms with Crippen LogP contribution in [0.3, 0.4) is 0 Å². The van der Waals surface area contributed by atoms with E-state index in [2.05, 4.69) is 48.4 Å². The third kappa shape index (κ3) is 3.71. The lowest BCUT2D eigenvalue weighted by atomic mass is 10.2. The van der Waals surface area contributed by atoms with Crippen molar-refractivity contribution in [3.8, 4) is 0 Å². The summed E-state index contributed by atoms with van der Waals surface area (Å²) in [5.41, 5.74) is 2.30. The molecule has 96 valence electrons. The second-order valence-electron chi connectivity index (χ2n) is 4.52.